The molecular formula is C25H24N4O4S. The summed E-state index contributed by atoms with van der Waals surface area (Å²) in [5.41, 5.74) is 7.48. The maximum absolute atomic E-state index is 13.1. The van der Waals surface area contributed by atoms with E-state index in [1.54, 1.807) is 42.3 Å². The minimum absolute atomic E-state index is 0.109. The molecule has 8 nitrogen and oxygen atoms in total. The number of nitrogens with zero attached hydrogens (tertiary/aromatic N) is 2. The highest BCUT2D eigenvalue weighted by Crippen LogP contribution is 2.26. The number of likely N-dealkylation sites (tertiary alicyclic amines) is 1. The second-order valence-corrected chi connectivity index (χ2v) is 10.0. The Morgan fingerprint density at radius 3 is 2.74 bits per heavy atom. The average molecular weight is 477 g/mol. The van der Waals surface area contributed by atoms with Gasteiger partial charge in [-0.1, -0.05) is 24.3 Å². The molecule has 34 heavy (non-hydrogen) atoms. The lowest BCUT2D eigenvalue weighted by Crippen LogP contribution is -2.41. The van der Waals surface area contributed by atoms with Gasteiger partial charge in [-0.05, 0) is 65.2 Å². The van der Waals surface area contributed by atoms with Gasteiger partial charge in [-0.2, -0.15) is 4.72 Å². The van der Waals surface area contributed by atoms with Crippen molar-refractivity contribution >= 4 is 43.4 Å². The number of hydrogen-bond acceptors (Lipinski definition) is 6. The molecule has 9 heteroatoms. The van der Waals surface area contributed by atoms with Crippen molar-refractivity contribution in [1.82, 2.24) is 14.6 Å². The molecule has 1 aromatic heterocycles. The second-order valence-electron chi connectivity index (χ2n) is 8.32. The number of carbonyl (C=O) groups excluding carboxylic acids is 1. The van der Waals surface area contributed by atoms with Crippen LogP contribution in [0, 0.1) is 0 Å². The average Bonchev–Trinajstić information content (AvgIpc) is 3.16. The number of aromatic nitrogens is 1. The van der Waals surface area contributed by atoms with E-state index >= 15 is 0 Å². The molecule has 3 aromatic carbocycles. The van der Waals surface area contributed by atoms with E-state index in [0.29, 0.717) is 31.1 Å². The van der Waals surface area contributed by atoms with Crippen molar-refractivity contribution in [2.45, 2.75) is 23.9 Å². The molecule has 1 aliphatic rings. The Kier molecular flexibility index (Phi) is 5.59. The van der Waals surface area contributed by atoms with E-state index < -0.39 is 16.1 Å². The number of fused-ring (bicyclic) bond motifs is 2. The molecule has 0 saturated carbocycles. The monoisotopic (exact) mass is 476 g/mol. The van der Waals surface area contributed by atoms with Crippen molar-refractivity contribution in [2.24, 2.45) is 0 Å². The molecule has 0 aliphatic carbocycles. The van der Waals surface area contributed by atoms with Crippen molar-refractivity contribution in [3.8, 4) is 5.75 Å². The number of anilines is 1. The van der Waals surface area contributed by atoms with Gasteiger partial charge in [0, 0.05) is 18.5 Å². The smallest absolute Gasteiger partial charge is 0.241 e. The lowest BCUT2D eigenvalue weighted by molar-refractivity contribution is -0.129. The molecule has 5 rings (SSSR count). The van der Waals surface area contributed by atoms with Crippen molar-refractivity contribution in [3.05, 3.63) is 72.3 Å². The van der Waals surface area contributed by atoms with E-state index in [0.717, 1.165) is 27.2 Å². The number of sulfonamides is 1. The van der Waals surface area contributed by atoms with Crippen LogP contribution in [0.1, 0.15) is 12.0 Å². The molecule has 1 amide bonds. The van der Waals surface area contributed by atoms with Gasteiger partial charge in [0.25, 0.3) is 0 Å². The molecule has 3 N–H and O–H groups in total. The minimum Gasteiger partial charge on any atom is -0.497 e. The number of nitrogens with two attached hydrogens (primary N) is 1. The summed E-state index contributed by atoms with van der Waals surface area (Å²) in [6.07, 6.45) is 0.398. The van der Waals surface area contributed by atoms with E-state index in [1.165, 1.54) is 0 Å². The van der Waals surface area contributed by atoms with Crippen LogP contribution in [0.25, 0.3) is 21.7 Å². The van der Waals surface area contributed by atoms with Crippen LogP contribution < -0.4 is 15.2 Å². The molecule has 2 heterocycles. The fourth-order valence-electron chi connectivity index (χ4n) is 4.34. The van der Waals surface area contributed by atoms with Gasteiger partial charge < -0.3 is 15.4 Å². The van der Waals surface area contributed by atoms with Crippen LogP contribution in [0.4, 0.5) is 5.82 Å². The molecule has 0 spiro atoms. The van der Waals surface area contributed by atoms with Crippen LogP contribution in [0.3, 0.4) is 0 Å². The molecular weight excluding hydrogens is 452 g/mol. The highest BCUT2D eigenvalue weighted by atomic mass is 32.2. The zero-order chi connectivity index (χ0) is 23.9. The summed E-state index contributed by atoms with van der Waals surface area (Å²) < 4.78 is 34.0. The first-order valence-electron chi connectivity index (χ1n) is 10.9. The quantitative estimate of drug-likeness (QED) is 0.442. The minimum atomic E-state index is -3.89. The van der Waals surface area contributed by atoms with E-state index in [2.05, 4.69) is 9.71 Å². The second kappa shape index (κ2) is 8.58. The van der Waals surface area contributed by atoms with Gasteiger partial charge >= 0.3 is 0 Å². The summed E-state index contributed by atoms with van der Waals surface area (Å²) in [6.45, 7) is 0.829. The molecule has 4 aromatic rings. The zero-order valence-corrected chi connectivity index (χ0v) is 19.4. The van der Waals surface area contributed by atoms with Crippen molar-refractivity contribution in [2.75, 3.05) is 19.4 Å². The standard InChI is InChI=1S/C25H24N4O4S/c1-33-19-7-5-16-6-8-20(14-18(16)13-19)34(31,32)28-23-11-12-29(25(23)30)15-17-3-2-4-22-21(17)9-10-24(26)27-22/h2-10,13-14,23,28H,11-12,15H2,1H3,(H2,26,27)/t23-/m0/s1. The summed E-state index contributed by atoms with van der Waals surface area (Å²) in [7, 11) is -2.33. The first kappa shape index (κ1) is 22.1. The summed E-state index contributed by atoms with van der Waals surface area (Å²) >= 11 is 0. The number of rotatable bonds is 6. The van der Waals surface area contributed by atoms with Gasteiger partial charge in [0.05, 0.1) is 17.5 Å². The lowest BCUT2D eigenvalue weighted by atomic mass is 10.1. The Morgan fingerprint density at radius 2 is 1.91 bits per heavy atom. The maximum atomic E-state index is 13.1. The molecule has 0 radical (unpaired) electrons. The number of ether oxygens (including phenoxy) is 1. The Morgan fingerprint density at radius 1 is 1.09 bits per heavy atom. The third-order valence-electron chi connectivity index (χ3n) is 6.13. The highest BCUT2D eigenvalue weighted by molar-refractivity contribution is 7.89. The van der Waals surface area contributed by atoms with Crippen LogP contribution >= 0.6 is 0 Å². The number of hydrogen-bond donors (Lipinski definition) is 2. The normalized spacial score (nSPS) is 16.4. The first-order valence-corrected chi connectivity index (χ1v) is 12.4. The SMILES string of the molecule is COc1ccc2ccc(S(=O)(=O)N[C@H]3CCN(Cc4cccc5nc(N)ccc45)C3=O)cc2c1. The van der Waals surface area contributed by atoms with Gasteiger partial charge in [-0.25, -0.2) is 13.4 Å². The molecule has 174 valence electrons. The summed E-state index contributed by atoms with van der Waals surface area (Å²) in [5.74, 6) is 0.831. The summed E-state index contributed by atoms with van der Waals surface area (Å²) in [4.78, 5) is 19.2. The third kappa shape index (κ3) is 4.15. The molecule has 1 aliphatic heterocycles. The van der Waals surface area contributed by atoms with E-state index in [-0.39, 0.29) is 10.8 Å². The van der Waals surface area contributed by atoms with E-state index in [4.69, 9.17) is 10.5 Å². The van der Waals surface area contributed by atoms with Gasteiger partial charge in [0.1, 0.15) is 17.6 Å². The fourth-order valence-corrected chi connectivity index (χ4v) is 5.59. The van der Waals surface area contributed by atoms with Crippen LogP contribution in [-0.4, -0.2) is 43.9 Å². The fraction of sp³-hybridized carbons (Fsp3) is 0.200. The van der Waals surface area contributed by atoms with E-state index in [9.17, 15) is 13.2 Å². The first-order chi connectivity index (χ1) is 16.3. The molecule has 1 saturated heterocycles. The number of pyridine rings is 1. The Bertz CT molecular complexity index is 1520. The van der Waals surface area contributed by atoms with Gasteiger partial charge in [0.2, 0.25) is 15.9 Å². The highest BCUT2D eigenvalue weighted by Gasteiger charge is 2.35. The third-order valence-corrected chi connectivity index (χ3v) is 7.60. The Labute approximate surface area is 197 Å². The lowest BCUT2D eigenvalue weighted by Gasteiger charge is -2.18. The molecule has 0 unspecified atom stereocenters. The summed E-state index contributed by atoms with van der Waals surface area (Å²) in [6, 6.07) is 18.8. The number of amides is 1. The predicted octanol–water partition coefficient (Wildman–Crippen LogP) is 3.06. The number of methoxy groups -OCH3 is 1. The number of nitrogens with one attached hydrogen (secondary N) is 1. The van der Waals surface area contributed by atoms with E-state index in [1.807, 2.05) is 36.4 Å². The molecule has 0 bridgehead atoms. The van der Waals surface area contributed by atoms with Crippen LogP contribution in [-0.2, 0) is 21.4 Å². The van der Waals surface area contributed by atoms with Crippen molar-refractivity contribution in [3.63, 3.8) is 0 Å². The van der Waals surface area contributed by atoms with Gasteiger partial charge in [0.15, 0.2) is 0 Å². The van der Waals surface area contributed by atoms with Crippen LogP contribution in [0.5, 0.6) is 5.75 Å². The van der Waals surface area contributed by atoms with Gasteiger partial charge in [-0.15, -0.1) is 0 Å². The topological polar surface area (TPSA) is 115 Å². The number of benzene rings is 3. The predicted molar refractivity (Wildman–Crippen MR) is 131 cm³/mol. The number of carbonyl (C=O) groups is 1. The van der Waals surface area contributed by atoms with Crippen molar-refractivity contribution in [1.29, 1.82) is 0 Å². The molecule has 1 fully saturated rings. The zero-order valence-electron chi connectivity index (χ0n) is 18.6. The Balaban J connectivity index is 1.34. The molecule has 1 atom stereocenters. The maximum Gasteiger partial charge on any atom is 0.241 e. The van der Waals surface area contributed by atoms with Gasteiger partial charge in [-0.3, -0.25) is 4.79 Å². The Hall–Kier alpha value is -3.69. The largest absolute Gasteiger partial charge is 0.497 e. The summed E-state index contributed by atoms with van der Waals surface area (Å²) in [5, 5.41) is 2.56. The van der Waals surface area contributed by atoms with Crippen LogP contribution in [0.15, 0.2) is 71.6 Å². The number of nitrogen functional groups attached to an aromatic ring is 1. The van der Waals surface area contributed by atoms with Crippen LogP contribution in [0.2, 0.25) is 0 Å². The van der Waals surface area contributed by atoms with Crippen molar-refractivity contribution < 1.29 is 17.9 Å².